The van der Waals surface area contributed by atoms with Gasteiger partial charge in [0.25, 0.3) is 0 Å². The van der Waals surface area contributed by atoms with Gasteiger partial charge in [0.05, 0.1) is 6.42 Å². The minimum atomic E-state index is -0.411. The van der Waals surface area contributed by atoms with Gasteiger partial charge < -0.3 is 4.90 Å². The van der Waals surface area contributed by atoms with Crippen molar-refractivity contribution in [2.75, 3.05) is 13.1 Å². The number of benzene rings is 1. The summed E-state index contributed by atoms with van der Waals surface area (Å²) in [7, 11) is 0. The first kappa shape index (κ1) is 13.8. The zero-order valence-corrected chi connectivity index (χ0v) is 12.2. The lowest BCUT2D eigenvalue weighted by atomic mass is 10.1. The molecular formula is C13H14BrClFNO. The van der Waals surface area contributed by atoms with Gasteiger partial charge in [-0.05, 0) is 25.0 Å². The van der Waals surface area contributed by atoms with Gasteiger partial charge in [-0.25, -0.2) is 4.39 Å². The lowest BCUT2D eigenvalue weighted by Gasteiger charge is -2.29. The Morgan fingerprint density at radius 1 is 1.44 bits per heavy atom. The van der Waals surface area contributed by atoms with E-state index in [-0.39, 0.29) is 12.3 Å². The zero-order valence-electron chi connectivity index (χ0n) is 9.83. The molecule has 1 aliphatic rings. The Kier molecular flexibility index (Phi) is 4.62. The number of amides is 1. The largest absolute Gasteiger partial charge is 0.342 e. The molecule has 5 heteroatoms. The average Bonchev–Trinajstić information content (AvgIpc) is 2.34. The van der Waals surface area contributed by atoms with Crippen LogP contribution in [0.3, 0.4) is 0 Å². The maximum Gasteiger partial charge on any atom is 0.227 e. The number of hydrogen-bond donors (Lipinski definition) is 0. The van der Waals surface area contributed by atoms with E-state index in [0.717, 1.165) is 25.9 Å². The number of nitrogens with zero attached hydrogens (tertiary/aromatic N) is 1. The van der Waals surface area contributed by atoms with E-state index in [1.807, 2.05) is 0 Å². The highest BCUT2D eigenvalue weighted by Gasteiger charge is 2.22. The fraction of sp³-hybridized carbons (Fsp3) is 0.462. The number of likely N-dealkylation sites (tertiary alicyclic amines) is 1. The molecule has 1 aromatic carbocycles. The molecule has 2 rings (SSSR count). The van der Waals surface area contributed by atoms with E-state index in [0.29, 0.717) is 15.4 Å². The van der Waals surface area contributed by atoms with Gasteiger partial charge in [-0.1, -0.05) is 33.6 Å². The molecular weight excluding hydrogens is 321 g/mol. The highest BCUT2D eigenvalue weighted by atomic mass is 79.9. The first-order valence-corrected chi connectivity index (χ1v) is 7.22. The standard InChI is InChI=1S/C13H14BrClFNO/c14-9-4-6-17(7-5-9)13(18)8-10-11(15)2-1-3-12(10)16/h1-3,9H,4-8H2. The number of hydrogen-bond acceptors (Lipinski definition) is 1. The minimum absolute atomic E-state index is 0.0401. The summed E-state index contributed by atoms with van der Waals surface area (Å²) in [4.78, 5) is 14.3. The Labute approximate surface area is 119 Å². The molecule has 98 valence electrons. The van der Waals surface area contributed by atoms with Gasteiger partial charge >= 0.3 is 0 Å². The van der Waals surface area contributed by atoms with Crippen LogP contribution in [0.1, 0.15) is 18.4 Å². The van der Waals surface area contributed by atoms with Gasteiger partial charge in [0.2, 0.25) is 5.91 Å². The predicted molar refractivity (Wildman–Crippen MR) is 73.6 cm³/mol. The number of carbonyl (C=O) groups is 1. The molecule has 1 saturated heterocycles. The summed E-state index contributed by atoms with van der Waals surface area (Å²) < 4.78 is 13.6. The summed E-state index contributed by atoms with van der Waals surface area (Å²) in [5.74, 6) is -0.465. The van der Waals surface area contributed by atoms with Crippen LogP contribution in [0.2, 0.25) is 5.02 Å². The van der Waals surface area contributed by atoms with Crippen molar-refractivity contribution in [3.63, 3.8) is 0 Å². The van der Waals surface area contributed by atoms with Crippen LogP contribution in [-0.2, 0) is 11.2 Å². The molecule has 1 heterocycles. The van der Waals surface area contributed by atoms with Crippen molar-refractivity contribution in [1.29, 1.82) is 0 Å². The van der Waals surface area contributed by atoms with E-state index in [9.17, 15) is 9.18 Å². The summed E-state index contributed by atoms with van der Waals surface area (Å²) in [5.41, 5.74) is 0.296. The molecule has 0 N–H and O–H groups in total. The van der Waals surface area contributed by atoms with Gasteiger partial charge in [0.1, 0.15) is 5.82 Å². The molecule has 0 unspecified atom stereocenters. The van der Waals surface area contributed by atoms with Crippen LogP contribution in [0.4, 0.5) is 4.39 Å². The van der Waals surface area contributed by atoms with E-state index in [4.69, 9.17) is 11.6 Å². The van der Waals surface area contributed by atoms with Crippen LogP contribution in [-0.4, -0.2) is 28.7 Å². The third kappa shape index (κ3) is 3.23. The molecule has 1 amide bonds. The fourth-order valence-corrected chi connectivity index (χ4v) is 2.70. The summed E-state index contributed by atoms with van der Waals surface area (Å²) >= 11 is 9.45. The first-order valence-electron chi connectivity index (χ1n) is 5.92. The van der Waals surface area contributed by atoms with Crippen molar-refractivity contribution in [2.24, 2.45) is 0 Å². The predicted octanol–water partition coefficient (Wildman–Crippen LogP) is 3.41. The Morgan fingerprint density at radius 3 is 2.72 bits per heavy atom. The molecule has 0 aromatic heterocycles. The summed E-state index contributed by atoms with van der Waals surface area (Å²) in [6.45, 7) is 1.45. The quantitative estimate of drug-likeness (QED) is 0.759. The molecule has 0 radical (unpaired) electrons. The summed E-state index contributed by atoms with van der Waals surface area (Å²) in [6, 6.07) is 4.49. The Morgan fingerprint density at radius 2 is 2.11 bits per heavy atom. The number of halogens is 3. The van der Waals surface area contributed by atoms with Crippen molar-refractivity contribution < 1.29 is 9.18 Å². The van der Waals surface area contributed by atoms with Crippen LogP contribution < -0.4 is 0 Å². The van der Waals surface area contributed by atoms with Gasteiger partial charge in [-0.15, -0.1) is 0 Å². The second-order valence-corrected chi connectivity index (χ2v) is 6.13. The maximum absolute atomic E-state index is 13.6. The molecule has 1 aromatic rings. The second kappa shape index (κ2) is 6.02. The monoisotopic (exact) mass is 333 g/mol. The Balaban J connectivity index is 2.03. The van der Waals surface area contributed by atoms with Crippen LogP contribution in [0, 0.1) is 5.82 Å². The number of rotatable bonds is 2. The van der Waals surface area contributed by atoms with Gasteiger partial charge in [0.15, 0.2) is 0 Å². The number of carbonyl (C=O) groups excluding carboxylic acids is 1. The van der Waals surface area contributed by atoms with Crippen LogP contribution >= 0.6 is 27.5 Å². The second-order valence-electron chi connectivity index (χ2n) is 4.43. The fourth-order valence-electron chi connectivity index (χ4n) is 2.06. The molecule has 2 nitrogen and oxygen atoms in total. The van der Waals surface area contributed by atoms with Crippen molar-refractivity contribution in [1.82, 2.24) is 4.90 Å². The lowest BCUT2D eigenvalue weighted by molar-refractivity contribution is -0.131. The average molecular weight is 335 g/mol. The smallest absolute Gasteiger partial charge is 0.227 e. The molecule has 0 spiro atoms. The molecule has 0 aliphatic carbocycles. The van der Waals surface area contributed by atoms with Crippen LogP contribution in [0.15, 0.2) is 18.2 Å². The van der Waals surface area contributed by atoms with E-state index < -0.39 is 5.82 Å². The van der Waals surface area contributed by atoms with E-state index in [1.165, 1.54) is 6.07 Å². The van der Waals surface area contributed by atoms with Crippen LogP contribution in [0.5, 0.6) is 0 Å². The number of piperidine rings is 1. The molecule has 0 saturated carbocycles. The molecule has 18 heavy (non-hydrogen) atoms. The summed E-state index contributed by atoms with van der Waals surface area (Å²) in [5, 5.41) is 0.318. The SMILES string of the molecule is O=C(Cc1c(F)cccc1Cl)N1CCC(Br)CC1. The van der Waals surface area contributed by atoms with Gasteiger partial charge in [-0.3, -0.25) is 4.79 Å². The topological polar surface area (TPSA) is 20.3 Å². The molecule has 0 atom stereocenters. The van der Waals surface area contributed by atoms with E-state index >= 15 is 0 Å². The van der Waals surface area contributed by atoms with Crippen molar-refractivity contribution in [3.8, 4) is 0 Å². The minimum Gasteiger partial charge on any atom is -0.342 e. The number of alkyl halides is 1. The molecule has 0 bridgehead atoms. The van der Waals surface area contributed by atoms with E-state index in [1.54, 1.807) is 17.0 Å². The van der Waals surface area contributed by atoms with Crippen molar-refractivity contribution in [3.05, 3.63) is 34.6 Å². The molecule has 1 fully saturated rings. The first-order chi connectivity index (χ1) is 8.58. The normalized spacial score (nSPS) is 16.9. The third-order valence-electron chi connectivity index (χ3n) is 3.17. The Hall–Kier alpha value is -0.610. The Bertz CT molecular complexity index is 426. The highest BCUT2D eigenvalue weighted by molar-refractivity contribution is 9.09. The van der Waals surface area contributed by atoms with Crippen LogP contribution in [0.25, 0.3) is 0 Å². The lowest BCUT2D eigenvalue weighted by Crippen LogP contribution is -2.39. The third-order valence-corrected chi connectivity index (χ3v) is 4.44. The van der Waals surface area contributed by atoms with Crippen molar-refractivity contribution in [2.45, 2.75) is 24.1 Å². The van der Waals surface area contributed by atoms with Crippen molar-refractivity contribution >= 4 is 33.4 Å². The highest BCUT2D eigenvalue weighted by Crippen LogP contribution is 2.22. The van der Waals surface area contributed by atoms with E-state index in [2.05, 4.69) is 15.9 Å². The van der Waals surface area contributed by atoms with Gasteiger partial charge in [-0.2, -0.15) is 0 Å². The van der Waals surface area contributed by atoms with Gasteiger partial charge in [0, 0.05) is 28.5 Å². The zero-order chi connectivity index (χ0) is 13.1. The summed E-state index contributed by atoms with van der Waals surface area (Å²) in [6.07, 6.45) is 1.92. The maximum atomic E-state index is 13.6. The molecule has 1 aliphatic heterocycles.